The van der Waals surface area contributed by atoms with Gasteiger partial charge in [-0.3, -0.25) is 0 Å². The maximum atomic E-state index is 12.7. The third-order valence-corrected chi connectivity index (χ3v) is 2.44. The highest BCUT2D eigenvalue weighted by atomic mass is 35.5. The first-order chi connectivity index (χ1) is 5.88. The van der Waals surface area contributed by atoms with Crippen LogP contribution >= 0.6 is 11.6 Å². The van der Waals surface area contributed by atoms with Crippen molar-refractivity contribution in [2.75, 3.05) is 0 Å². The van der Waals surface area contributed by atoms with Crippen molar-refractivity contribution in [3.63, 3.8) is 0 Å². The second-order valence-corrected chi connectivity index (χ2v) is 8.63. The molecule has 0 unspecified atom stereocenters. The van der Waals surface area contributed by atoms with Crippen molar-refractivity contribution in [3.05, 3.63) is 29.0 Å². The molecule has 0 aliphatic carbocycles. The molecule has 13 heavy (non-hydrogen) atoms. The molecule has 0 bridgehead atoms. The molecule has 0 aliphatic heterocycles. The Morgan fingerprint density at radius 2 is 1.92 bits per heavy atom. The minimum absolute atomic E-state index is 0.336. The smallest absolute Gasteiger partial charge is 0.242 e. The summed E-state index contributed by atoms with van der Waals surface area (Å²) < 4.78 is 18.3. The fourth-order valence-corrected chi connectivity index (χ4v) is 2.00. The van der Waals surface area contributed by atoms with E-state index in [1.807, 2.05) is 19.6 Å². The van der Waals surface area contributed by atoms with Crippen molar-refractivity contribution in [2.45, 2.75) is 19.6 Å². The topological polar surface area (TPSA) is 9.23 Å². The van der Waals surface area contributed by atoms with Gasteiger partial charge in [-0.05, 0) is 37.8 Å². The van der Waals surface area contributed by atoms with Crippen LogP contribution in [0.4, 0.5) is 4.39 Å². The molecule has 0 N–H and O–H groups in total. The van der Waals surface area contributed by atoms with Crippen molar-refractivity contribution >= 4 is 19.9 Å². The molecular weight excluding hydrogens is 207 g/mol. The molecule has 0 aromatic heterocycles. The number of halogens is 2. The first kappa shape index (κ1) is 10.5. The Kier molecular flexibility index (Phi) is 2.98. The van der Waals surface area contributed by atoms with Crippen LogP contribution in [0.5, 0.6) is 5.75 Å². The second kappa shape index (κ2) is 3.68. The SMILES string of the molecule is C[Si](C)(C)Oc1ccc(F)cc1Cl. The van der Waals surface area contributed by atoms with Crippen LogP contribution in [-0.4, -0.2) is 8.32 Å². The van der Waals surface area contributed by atoms with Gasteiger partial charge in [0.15, 0.2) is 0 Å². The fraction of sp³-hybridized carbons (Fsp3) is 0.333. The van der Waals surface area contributed by atoms with Crippen LogP contribution in [-0.2, 0) is 0 Å². The Labute approximate surface area is 83.6 Å². The van der Waals surface area contributed by atoms with Crippen LogP contribution in [0, 0.1) is 5.82 Å². The number of benzene rings is 1. The van der Waals surface area contributed by atoms with Crippen LogP contribution in [0.25, 0.3) is 0 Å². The molecular formula is C9H12ClFOSi. The lowest BCUT2D eigenvalue weighted by atomic mass is 10.3. The van der Waals surface area contributed by atoms with Crippen LogP contribution < -0.4 is 4.43 Å². The molecule has 0 aliphatic rings. The monoisotopic (exact) mass is 218 g/mol. The number of hydrogen-bond donors (Lipinski definition) is 0. The van der Waals surface area contributed by atoms with E-state index in [2.05, 4.69) is 0 Å². The molecule has 1 aromatic carbocycles. The quantitative estimate of drug-likeness (QED) is 0.688. The molecule has 0 fully saturated rings. The molecule has 0 atom stereocenters. The van der Waals surface area contributed by atoms with Crippen LogP contribution in [0.3, 0.4) is 0 Å². The molecule has 0 amide bonds. The first-order valence-corrected chi connectivity index (χ1v) is 7.81. The van der Waals surface area contributed by atoms with E-state index in [0.717, 1.165) is 0 Å². The van der Waals surface area contributed by atoms with Gasteiger partial charge in [0.1, 0.15) is 11.6 Å². The van der Waals surface area contributed by atoms with E-state index in [1.54, 1.807) is 6.07 Å². The van der Waals surface area contributed by atoms with Crippen LogP contribution in [0.15, 0.2) is 18.2 Å². The van der Waals surface area contributed by atoms with Gasteiger partial charge in [-0.1, -0.05) is 11.6 Å². The van der Waals surface area contributed by atoms with Crippen molar-refractivity contribution < 1.29 is 8.82 Å². The van der Waals surface area contributed by atoms with Gasteiger partial charge in [-0.25, -0.2) is 4.39 Å². The standard InChI is InChI=1S/C9H12ClFOSi/c1-13(2,3)12-9-5-4-7(11)6-8(9)10/h4-6H,1-3H3. The van der Waals surface area contributed by atoms with Gasteiger partial charge in [0, 0.05) is 0 Å². The summed E-state index contributed by atoms with van der Waals surface area (Å²) in [5.41, 5.74) is 0. The zero-order valence-electron chi connectivity index (χ0n) is 7.90. The molecule has 0 radical (unpaired) electrons. The Morgan fingerprint density at radius 1 is 1.31 bits per heavy atom. The van der Waals surface area contributed by atoms with Crippen molar-refractivity contribution in [3.8, 4) is 5.75 Å². The molecule has 0 heterocycles. The van der Waals surface area contributed by atoms with E-state index in [0.29, 0.717) is 10.8 Å². The summed E-state index contributed by atoms with van der Waals surface area (Å²) in [6.45, 7) is 6.14. The van der Waals surface area contributed by atoms with Gasteiger partial charge < -0.3 is 4.43 Å². The molecule has 1 nitrogen and oxygen atoms in total. The minimum atomic E-state index is -1.65. The summed E-state index contributed by atoms with van der Waals surface area (Å²) in [7, 11) is -1.65. The Hall–Kier alpha value is -0.543. The van der Waals surface area contributed by atoms with Crippen molar-refractivity contribution in [2.24, 2.45) is 0 Å². The van der Waals surface area contributed by atoms with Gasteiger partial charge in [0.05, 0.1) is 5.02 Å². The molecule has 0 saturated carbocycles. The van der Waals surface area contributed by atoms with Gasteiger partial charge >= 0.3 is 0 Å². The molecule has 0 spiro atoms. The average Bonchev–Trinajstić information content (AvgIpc) is 1.93. The van der Waals surface area contributed by atoms with E-state index in [1.165, 1.54) is 12.1 Å². The normalized spacial score (nSPS) is 11.5. The van der Waals surface area contributed by atoms with Crippen molar-refractivity contribution in [1.82, 2.24) is 0 Å². The van der Waals surface area contributed by atoms with E-state index in [9.17, 15) is 4.39 Å². The maximum Gasteiger partial charge on any atom is 0.242 e. The zero-order chi connectivity index (χ0) is 10.1. The number of rotatable bonds is 2. The fourth-order valence-electron chi connectivity index (χ4n) is 0.888. The van der Waals surface area contributed by atoms with E-state index in [-0.39, 0.29) is 5.82 Å². The van der Waals surface area contributed by atoms with Gasteiger partial charge in [-0.15, -0.1) is 0 Å². The zero-order valence-corrected chi connectivity index (χ0v) is 9.65. The van der Waals surface area contributed by atoms with E-state index in [4.69, 9.17) is 16.0 Å². The predicted octanol–water partition coefficient (Wildman–Crippen LogP) is 3.69. The lowest BCUT2D eigenvalue weighted by Crippen LogP contribution is -2.29. The summed E-state index contributed by atoms with van der Waals surface area (Å²) in [5, 5.41) is 0.336. The molecule has 0 saturated heterocycles. The first-order valence-electron chi connectivity index (χ1n) is 4.02. The summed E-state index contributed by atoms with van der Waals surface area (Å²) in [4.78, 5) is 0. The highest BCUT2D eigenvalue weighted by molar-refractivity contribution is 6.70. The third kappa shape index (κ3) is 3.36. The summed E-state index contributed by atoms with van der Waals surface area (Å²) >= 11 is 5.79. The summed E-state index contributed by atoms with van der Waals surface area (Å²) in [5.74, 6) is 0.232. The van der Waals surface area contributed by atoms with Crippen LogP contribution in [0.2, 0.25) is 24.7 Å². The predicted molar refractivity (Wildman–Crippen MR) is 55.4 cm³/mol. The van der Waals surface area contributed by atoms with Crippen LogP contribution in [0.1, 0.15) is 0 Å². The summed E-state index contributed by atoms with van der Waals surface area (Å²) in [6, 6.07) is 4.17. The molecule has 1 aromatic rings. The molecule has 72 valence electrons. The van der Waals surface area contributed by atoms with Gasteiger partial charge in [-0.2, -0.15) is 0 Å². The minimum Gasteiger partial charge on any atom is -0.543 e. The Balaban J connectivity index is 2.90. The lowest BCUT2D eigenvalue weighted by molar-refractivity contribution is 0.552. The maximum absolute atomic E-state index is 12.7. The van der Waals surface area contributed by atoms with Gasteiger partial charge in [0.2, 0.25) is 8.32 Å². The highest BCUT2D eigenvalue weighted by Gasteiger charge is 2.17. The average molecular weight is 219 g/mol. The lowest BCUT2D eigenvalue weighted by Gasteiger charge is -2.19. The number of hydrogen-bond acceptors (Lipinski definition) is 1. The second-order valence-electron chi connectivity index (χ2n) is 3.79. The van der Waals surface area contributed by atoms with E-state index >= 15 is 0 Å². The Bertz CT molecular complexity index is 309. The Morgan fingerprint density at radius 3 is 2.38 bits per heavy atom. The highest BCUT2D eigenvalue weighted by Crippen LogP contribution is 2.27. The molecule has 4 heteroatoms. The third-order valence-electron chi connectivity index (χ3n) is 1.31. The largest absolute Gasteiger partial charge is 0.543 e. The van der Waals surface area contributed by atoms with Gasteiger partial charge in [0.25, 0.3) is 0 Å². The van der Waals surface area contributed by atoms with E-state index < -0.39 is 8.32 Å². The summed E-state index contributed by atoms with van der Waals surface area (Å²) in [6.07, 6.45) is 0. The molecule has 1 rings (SSSR count). The van der Waals surface area contributed by atoms with Crippen molar-refractivity contribution in [1.29, 1.82) is 0 Å².